The summed E-state index contributed by atoms with van der Waals surface area (Å²) >= 11 is 1.52. The summed E-state index contributed by atoms with van der Waals surface area (Å²) in [5.41, 5.74) is 7.92. The van der Waals surface area contributed by atoms with Crippen molar-refractivity contribution in [3.63, 3.8) is 0 Å². The fourth-order valence-corrected chi connectivity index (χ4v) is 2.87. The monoisotopic (exact) mass is 288 g/mol. The molecule has 2 rings (SSSR count). The minimum atomic E-state index is -0.376. The molecular weight excluding hydrogens is 268 g/mol. The van der Waals surface area contributed by atoms with Crippen LogP contribution in [0.25, 0.3) is 11.3 Å². The van der Waals surface area contributed by atoms with Gasteiger partial charge >= 0.3 is 0 Å². The summed E-state index contributed by atoms with van der Waals surface area (Å²) in [7, 11) is 0. The van der Waals surface area contributed by atoms with Crippen molar-refractivity contribution in [2.24, 2.45) is 11.7 Å². The molecule has 1 aromatic carbocycles. The number of nitrogens with two attached hydrogens (primary N) is 1. The number of hydrogen-bond acceptors (Lipinski definition) is 4. The Kier molecular flexibility index (Phi) is 5.04. The van der Waals surface area contributed by atoms with E-state index >= 15 is 0 Å². The molecule has 0 aliphatic heterocycles. The van der Waals surface area contributed by atoms with Crippen molar-refractivity contribution in [2.45, 2.75) is 32.7 Å². The molecule has 0 bridgehead atoms. The highest BCUT2D eigenvalue weighted by Gasteiger charge is 2.17. The summed E-state index contributed by atoms with van der Waals surface area (Å²) in [6.07, 6.45) is 1.07. The molecule has 106 valence electrons. The molecule has 1 atom stereocenters. The average Bonchev–Trinajstić information content (AvgIpc) is 2.87. The molecule has 0 saturated heterocycles. The smallest absolute Gasteiger partial charge is 0.156 e. The lowest BCUT2D eigenvalue weighted by molar-refractivity contribution is -0.120. The number of hydrogen-bond donors (Lipinski definition) is 1. The largest absolute Gasteiger partial charge is 0.321 e. The summed E-state index contributed by atoms with van der Waals surface area (Å²) < 4.78 is 0. The number of thiazole rings is 1. The van der Waals surface area contributed by atoms with Crippen LogP contribution in [-0.4, -0.2) is 16.8 Å². The van der Waals surface area contributed by atoms with Gasteiger partial charge in [0.25, 0.3) is 0 Å². The second-order valence-corrected chi connectivity index (χ2v) is 6.31. The van der Waals surface area contributed by atoms with Gasteiger partial charge in [-0.25, -0.2) is 4.98 Å². The summed E-state index contributed by atoms with van der Waals surface area (Å²) in [5, 5.41) is 2.83. The minimum absolute atomic E-state index is 0.0765. The Morgan fingerprint density at radius 2 is 2.00 bits per heavy atom. The predicted molar refractivity (Wildman–Crippen MR) is 83.7 cm³/mol. The van der Waals surface area contributed by atoms with Gasteiger partial charge in [-0.05, 0) is 12.3 Å². The number of benzene rings is 1. The van der Waals surface area contributed by atoms with Crippen molar-refractivity contribution in [1.82, 2.24) is 4.98 Å². The maximum absolute atomic E-state index is 12.0. The lowest BCUT2D eigenvalue weighted by atomic mass is 10.00. The fraction of sp³-hybridized carbons (Fsp3) is 0.375. The number of nitrogens with zero attached hydrogens (tertiary/aromatic N) is 1. The Labute approximate surface area is 123 Å². The van der Waals surface area contributed by atoms with Crippen LogP contribution in [0.5, 0.6) is 0 Å². The van der Waals surface area contributed by atoms with E-state index in [2.05, 4.69) is 18.8 Å². The molecule has 1 aromatic heterocycles. The van der Waals surface area contributed by atoms with Gasteiger partial charge in [0.05, 0.1) is 18.2 Å². The van der Waals surface area contributed by atoms with Gasteiger partial charge in [-0.2, -0.15) is 0 Å². The van der Waals surface area contributed by atoms with E-state index in [0.717, 1.165) is 22.7 Å². The topological polar surface area (TPSA) is 56.0 Å². The molecular formula is C16H20N2OS. The molecule has 20 heavy (non-hydrogen) atoms. The molecule has 2 N–H and O–H groups in total. The van der Waals surface area contributed by atoms with E-state index in [9.17, 15) is 4.79 Å². The van der Waals surface area contributed by atoms with E-state index in [4.69, 9.17) is 5.73 Å². The third-order valence-electron chi connectivity index (χ3n) is 3.09. The summed E-state index contributed by atoms with van der Waals surface area (Å²) in [5.74, 6) is 0.512. The van der Waals surface area contributed by atoms with E-state index in [1.165, 1.54) is 11.3 Å². The highest BCUT2D eigenvalue weighted by Crippen LogP contribution is 2.22. The third-order valence-corrected chi connectivity index (χ3v) is 3.93. The number of ketones is 1. The Hall–Kier alpha value is -1.52. The first-order chi connectivity index (χ1) is 9.56. The number of Topliss-reactive ketones (excluding diaryl/α,β-unsaturated/α-hetero) is 1. The van der Waals surface area contributed by atoms with Crippen LogP contribution in [0, 0.1) is 5.92 Å². The first-order valence-corrected chi connectivity index (χ1v) is 7.72. The Bertz CT molecular complexity index is 563. The van der Waals surface area contributed by atoms with Crippen LogP contribution in [0.3, 0.4) is 0 Å². The molecule has 2 aromatic rings. The van der Waals surface area contributed by atoms with Gasteiger partial charge in [0.1, 0.15) is 5.01 Å². The average molecular weight is 288 g/mol. The summed E-state index contributed by atoms with van der Waals surface area (Å²) in [6, 6.07) is 9.61. The standard InChI is InChI=1S/C16H20N2OS/c1-11(2)8-13(17)15(19)9-16-18-14(10-20-16)12-6-4-3-5-7-12/h3-7,10-11,13H,8-9,17H2,1-2H3. The van der Waals surface area contributed by atoms with E-state index in [1.54, 1.807) is 0 Å². The number of carbonyl (C=O) groups excluding carboxylic acids is 1. The molecule has 4 heteroatoms. The zero-order chi connectivity index (χ0) is 14.5. The van der Waals surface area contributed by atoms with Gasteiger partial charge in [-0.3, -0.25) is 4.79 Å². The third kappa shape index (κ3) is 3.99. The lowest BCUT2D eigenvalue weighted by Crippen LogP contribution is -2.33. The van der Waals surface area contributed by atoms with Crippen molar-refractivity contribution in [2.75, 3.05) is 0 Å². The van der Waals surface area contributed by atoms with Crippen molar-refractivity contribution in [3.8, 4) is 11.3 Å². The van der Waals surface area contributed by atoms with Gasteiger partial charge < -0.3 is 5.73 Å². The SMILES string of the molecule is CC(C)CC(N)C(=O)Cc1nc(-c2ccccc2)cs1. The predicted octanol–water partition coefficient (Wildman–Crippen LogP) is 3.30. The van der Waals surface area contributed by atoms with Crippen molar-refractivity contribution < 1.29 is 4.79 Å². The summed E-state index contributed by atoms with van der Waals surface area (Å²) in [6.45, 7) is 4.15. The zero-order valence-electron chi connectivity index (χ0n) is 11.9. The first kappa shape index (κ1) is 14.9. The lowest BCUT2D eigenvalue weighted by Gasteiger charge is -2.11. The van der Waals surface area contributed by atoms with E-state index < -0.39 is 0 Å². The van der Waals surface area contributed by atoms with Crippen LogP contribution in [0.2, 0.25) is 0 Å². The number of carbonyl (C=O) groups is 1. The normalized spacial score (nSPS) is 12.6. The zero-order valence-corrected chi connectivity index (χ0v) is 12.7. The van der Waals surface area contributed by atoms with Crippen LogP contribution in [0.1, 0.15) is 25.3 Å². The number of rotatable bonds is 6. The maximum atomic E-state index is 12.0. The Balaban J connectivity index is 2.01. The maximum Gasteiger partial charge on any atom is 0.156 e. The van der Waals surface area contributed by atoms with Gasteiger partial charge in [-0.15, -0.1) is 11.3 Å². The Morgan fingerprint density at radius 1 is 1.30 bits per heavy atom. The molecule has 1 heterocycles. The van der Waals surface area contributed by atoms with Gasteiger partial charge in [0.15, 0.2) is 5.78 Å². The Morgan fingerprint density at radius 3 is 2.65 bits per heavy atom. The van der Waals surface area contributed by atoms with Gasteiger partial charge in [-0.1, -0.05) is 44.2 Å². The van der Waals surface area contributed by atoms with E-state index in [1.807, 2.05) is 35.7 Å². The van der Waals surface area contributed by atoms with Gasteiger partial charge in [0.2, 0.25) is 0 Å². The minimum Gasteiger partial charge on any atom is -0.321 e. The van der Waals surface area contributed by atoms with Crippen molar-refractivity contribution >= 4 is 17.1 Å². The molecule has 0 radical (unpaired) electrons. The quantitative estimate of drug-likeness (QED) is 0.887. The molecule has 0 saturated carbocycles. The molecule has 0 aliphatic carbocycles. The molecule has 3 nitrogen and oxygen atoms in total. The van der Waals surface area contributed by atoms with Crippen molar-refractivity contribution in [3.05, 3.63) is 40.7 Å². The van der Waals surface area contributed by atoms with Crippen LogP contribution >= 0.6 is 11.3 Å². The molecule has 0 amide bonds. The van der Waals surface area contributed by atoms with Crippen LogP contribution in [0.15, 0.2) is 35.7 Å². The second-order valence-electron chi connectivity index (χ2n) is 5.37. The van der Waals surface area contributed by atoms with Crippen molar-refractivity contribution in [1.29, 1.82) is 0 Å². The van der Waals surface area contributed by atoms with E-state index in [0.29, 0.717) is 12.3 Å². The molecule has 0 fully saturated rings. The molecule has 0 spiro atoms. The molecule has 1 unspecified atom stereocenters. The second kappa shape index (κ2) is 6.77. The van der Waals surface area contributed by atoms with Crippen LogP contribution in [-0.2, 0) is 11.2 Å². The van der Waals surface area contributed by atoms with Gasteiger partial charge in [0, 0.05) is 10.9 Å². The first-order valence-electron chi connectivity index (χ1n) is 6.84. The fourth-order valence-electron chi connectivity index (χ4n) is 2.05. The highest BCUT2D eigenvalue weighted by atomic mass is 32.1. The van der Waals surface area contributed by atoms with Crippen LogP contribution in [0.4, 0.5) is 0 Å². The van der Waals surface area contributed by atoms with E-state index in [-0.39, 0.29) is 11.8 Å². The number of aromatic nitrogens is 1. The molecule has 0 aliphatic rings. The van der Waals surface area contributed by atoms with Crippen LogP contribution < -0.4 is 5.73 Å². The highest BCUT2D eigenvalue weighted by molar-refractivity contribution is 7.10. The summed E-state index contributed by atoms with van der Waals surface area (Å²) in [4.78, 5) is 16.6.